The van der Waals surface area contributed by atoms with Gasteiger partial charge in [0.25, 0.3) is 5.91 Å². The number of rotatable bonds is 5. The molecule has 156 valence electrons. The number of fused-ring (bicyclic) bond motifs is 1. The summed E-state index contributed by atoms with van der Waals surface area (Å²) in [5, 5.41) is 2.89. The summed E-state index contributed by atoms with van der Waals surface area (Å²) in [6.45, 7) is 5.87. The van der Waals surface area contributed by atoms with Gasteiger partial charge in [0.2, 0.25) is 5.91 Å². The van der Waals surface area contributed by atoms with Crippen LogP contribution in [0.15, 0.2) is 42.9 Å². The number of pyridine rings is 1. The van der Waals surface area contributed by atoms with Crippen molar-refractivity contribution in [1.29, 1.82) is 0 Å². The van der Waals surface area contributed by atoms with E-state index in [1.165, 1.54) is 6.92 Å². The van der Waals surface area contributed by atoms with Crippen LogP contribution in [0.3, 0.4) is 0 Å². The molecular formula is C23H27N5O2. The lowest BCUT2D eigenvalue weighted by Gasteiger charge is -2.31. The van der Waals surface area contributed by atoms with Crippen LogP contribution in [0.5, 0.6) is 0 Å². The molecule has 2 amide bonds. The van der Waals surface area contributed by atoms with Crippen LogP contribution in [-0.4, -0.2) is 44.3 Å². The summed E-state index contributed by atoms with van der Waals surface area (Å²) in [5.41, 5.74) is 3.70. The monoisotopic (exact) mass is 405 g/mol. The van der Waals surface area contributed by atoms with Crippen molar-refractivity contribution < 1.29 is 9.59 Å². The first kappa shape index (κ1) is 20.1. The molecule has 1 aliphatic heterocycles. The molecule has 0 radical (unpaired) electrons. The zero-order valence-electron chi connectivity index (χ0n) is 17.5. The molecule has 1 saturated heterocycles. The number of aryl methyl sites for hydroxylation is 2. The van der Waals surface area contributed by atoms with Crippen LogP contribution in [0.25, 0.3) is 11.0 Å². The van der Waals surface area contributed by atoms with Crippen molar-refractivity contribution in [1.82, 2.24) is 19.4 Å². The van der Waals surface area contributed by atoms with E-state index in [-0.39, 0.29) is 11.8 Å². The summed E-state index contributed by atoms with van der Waals surface area (Å²) in [6, 6.07) is 9.47. The highest BCUT2D eigenvalue weighted by Gasteiger charge is 2.24. The molecule has 7 heteroatoms. The lowest BCUT2D eigenvalue weighted by atomic mass is 9.99. The lowest BCUT2D eigenvalue weighted by molar-refractivity contribution is -0.114. The Balaban J connectivity index is 1.66. The Hall–Kier alpha value is -3.22. The van der Waals surface area contributed by atoms with Crippen molar-refractivity contribution in [3.63, 3.8) is 0 Å². The largest absolute Gasteiger partial charge is 0.338 e. The molecule has 2 aromatic heterocycles. The molecule has 0 spiro atoms. The SMILES string of the molecule is CC(=O)Nc1cc(C(=O)N2CCC[C@H](C)C2)cc2ncn(CCc3ccccn3)c12. The van der Waals surface area contributed by atoms with Crippen LogP contribution in [0.1, 0.15) is 42.7 Å². The minimum Gasteiger partial charge on any atom is -0.338 e. The van der Waals surface area contributed by atoms with Gasteiger partial charge in [-0.1, -0.05) is 13.0 Å². The number of amides is 2. The minimum atomic E-state index is -0.176. The molecule has 0 unspecified atom stereocenters. The molecule has 1 fully saturated rings. The van der Waals surface area contributed by atoms with Gasteiger partial charge < -0.3 is 14.8 Å². The molecule has 1 N–H and O–H groups in total. The number of likely N-dealkylation sites (tertiary alicyclic amines) is 1. The van der Waals surface area contributed by atoms with Gasteiger partial charge in [-0.25, -0.2) is 4.98 Å². The Morgan fingerprint density at radius 1 is 1.23 bits per heavy atom. The van der Waals surface area contributed by atoms with Crippen molar-refractivity contribution in [3.8, 4) is 0 Å². The number of hydrogen-bond donors (Lipinski definition) is 1. The fourth-order valence-corrected chi connectivity index (χ4v) is 4.12. The normalized spacial score (nSPS) is 16.6. The number of nitrogens with zero attached hydrogens (tertiary/aromatic N) is 4. The van der Waals surface area contributed by atoms with Crippen LogP contribution in [0.4, 0.5) is 5.69 Å². The van der Waals surface area contributed by atoms with Crippen LogP contribution in [0, 0.1) is 5.92 Å². The Morgan fingerprint density at radius 2 is 2.10 bits per heavy atom. The summed E-state index contributed by atoms with van der Waals surface area (Å²) in [7, 11) is 0. The van der Waals surface area contributed by atoms with Crippen molar-refractivity contribution >= 4 is 28.5 Å². The summed E-state index contributed by atoms with van der Waals surface area (Å²) >= 11 is 0. The van der Waals surface area contributed by atoms with E-state index in [1.54, 1.807) is 18.6 Å². The third-order valence-corrected chi connectivity index (χ3v) is 5.55. The van der Waals surface area contributed by atoms with E-state index in [1.807, 2.05) is 33.7 Å². The van der Waals surface area contributed by atoms with E-state index in [4.69, 9.17) is 0 Å². The number of benzene rings is 1. The van der Waals surface area contributed by atoms with Crippen LogP contribution in [0.2, 0.25) is 0 Å². The fourth-order valence-electron chi connectivity index (χ4n) is 4.12. The number of anilines is 1. The molecule has 30 heavy (non-hydrogen) atoms. The van der Waals surface area contributed by atoms with Crippen molar-refractivity contribution in [2.75, 3.05) is 18.4 Å². The average molecular weight is 406 g/mol. The highest BCUT2D eigenvalue weighted by Crippen LogP contribution is 2.27. The lowest BCUT2D eigenvalue weighted by Crippen LogP contribution is -2.39. The van der Waals surface area contributed by atoms with Gasteiger partial charge in [0.1, 0.15) is 0 Å². The van der Waals surface area contributed by atoms with Crippen molar-refractivity contribution in [3.05, 3.63) is 54.1 Å². The first-order valence-corrected chi connectivity index (χ1v) is 10.5. The number of hydrogen-bond acceptors (Lipinski definition) is 4. The Bertz CT molecular complexity index is 1060. The number of nitrogens with one attached hydrogen (secondary N) is 1. The third kappa shape index (κ3) is 4.35. The van der Waals surface area contributed by atoms with Gasteiger partial charge in [0, 0.05) is 50.4 Å². The van der Waals surface area contributed by atoms with E-state index in [0.717, 1.165) is 43.6 Å². The Kier molecular flexibility index (Phi) is 5.79. The van der Waals surface area contributed by atoms with Gasteiger partial charge in [-0.15, -0.1) is 0 Å². The minimum absolute atomic E-state index is 0.00177. The van der Waals surface area contributed by atoms with Gasteiger partial charge in [0.05, 0.1) is 23.0 Å². The summed E-state index contributed by atoms with van der Waals surface area (Å²) < 4.78 is 2.01. The summed E-state index contributed by atoms with van der Waals surface area (Å²) in [5.74, 6) is 0.329. The summed E-state index contributed by atoms with van der Waals surface area (Å²) in [6.07, 6.45) is 6.47. The molecule has 0 aliphatic carbocycles. The fraction of sp³-hybridized carbons (Fsp3) is 0.391. The standard InChI is InChI=1S/C23H27N5O2/c1-16-6-5-10-27(14-16)23(30)18-12-20-22(21(13-18)26-17(2)29)28(15-25-20)11-8-19-7-3-4-9-24-19/h3-4,7,9,12-13,15-16H,5-6,8,10-11,14H2,1-2H3,(H,26,29)/t16-/m0/s1. The van der Waals surface area contributed by atoms with Gasteiger partial charge in [-0.3, -0.25) is 14.6 Å². The van der Waals surface area contributed by atoms with E-state index >= 15 is 0 Å². The second-order valence-corrected chi connectivity index (χ2v) is 8.08. The Labute approximate surface area is 176 Å². The maximum atomic E-state index is 13.1. The second kappa shape index (κ2) is 8.65. The molecule has 0 saturated carbocycles. The molecule has 3 heterocycles. The predicted molar refractivity (Wildman–Crippen MR) is 116 cm³/mol. The first-order chi connectivity index (χ1) is 14.5. The molecule has 7 nitrogen and oxygen atoms in total. The number of carbonyl (C=O) groups is 2. The molecule has 1 atom stereocenters. The van der Waals surface area contributed by atoms with Crippen LogP contribution < -0.4 is 5.32 Å². The van der Waals surface area contributed by atoms with Gasteiger partial charge in [-0.2, -0.15) is 0 Å². The molecular weight excluding hydrogens is 378 g/mol. The number of carbonyl (C=O) groups excluding carboxylic acids is 2. The topological polar surface area (TPSA) is 80.1 Å². The number of aromatic nitrogens is 3. The van der Waals surface area contributed by atoms with E-state index < -0.39 is 0 Å². The second-order valence-electron chi connectivity index (χ2n) is 8.08. The molecule has 0 bridgehead atoms. The van der Waals surface area contributed by atoms with E-state index in [2.05, 4.69) is 22.2 Å². The van der Waals surface area contributed by atoms with E-state index in [0.29, 0.717) is 29.2 Å². The Morgan fingerprint density at radius 3 is 2.83 bits per heavy atom. The zero-order valence-corrected chi connectivity index (χ0v) is 17.5. The van der Waals surface area contributed by atoms with Crippen molar-refractivity contribution in [2.45, 2.75) is 39.7 Å². The van der Waals surface area contributed by atoms with Gasteiger partial charge >= 0.3 is 0 Å². The van der Waals surface area contributed by atoms with Crippen LogP contribution >= 0.6 is 0 Å². The first-order valence-electron chi connectivity index (χ1n) is 10.5. The maximum Gasteiger partial charge on any atom is 0.254 e. The number of imidazole rings is 1. The summed E-state index contributed by atoms with van der Waals surface area (Å²) in [4.78, 5) is 35.8. The van der Waals surface area contributed by atoms with Crippen LogP contribution in [-0.2, 0) is 17.8 Å². The highest BCUT2D eigenvalue weighted by atomic mass is 16.2. The average Bonchev–Trinajstić information content (AvgIpc) is 3.15. The molecule has 1 aromatic carbocycles. The quantitative estimate of drug-likeness (QED) is 0.704. The smallest absolute Gasteiger partial charge is 0.254 e. The molecule has 4 rings (SSSR count). The molecule has 3 aromatic rings. The van der Waals surface area contributed by atoms with Gasteiger partial charge in [0.15, 0.2) is 0 Å². The molecule has 1 aliphatic rings. The maximum absolute atomic E-state index is 13.1. The highest BCUT2D eigenvalue weighted by molar-refractivity contribution is 6.05. The van der Waals surface area contributed by atoms with Crippen molar-refractivity contribution in [2.24, 2.45) is 5.92 Å². The predicted octanol–water partition coefficient (Wildman–Crippen LogP) is 3.50. The number of piperidine rings is 1. The zero-order chi connectivity index (χ0) is 21.1. The third-order valence-electron chi connectivity index (χ3n) is 5.55. The van der Waals surface area contributed by atoms with Gasteiger partial charge in [-0.05, 0) is 43.0 Å². The van der Waals surface area contributed by atoms with E-state index in [9.17, 15) is 9.59 Å².